The Labute approximate surface area is 116 Å². The summed E-state index contributed by atoms with van der Waals surface area (Å²) in [5.41, 5.74) is 1.80. The zero-order chi connectivity index (χ0) is 13.0. The maximum absolute atomic E-state index is 5.74. The Morgan fingerprint density at radius 1 is 1.39 bits per heavy atom. The van der Waals surface area contributed by atoms with Crippen molar-refractivity contribution in [2.24, 2.45) is 0 Å². The molecule has 0 saturated heterocycles. The summed E-state index contributed by atoms with van der Waals surface area (Å²) in [5, 5.41) is 6.03. The molecule has 0 aliphatic heterocycles. The van der Waals surface area contributed by atoms with Crippen molar-refractivity contribution in [3.8, 4) is 5.75 Å². The molecule has 1 heterocycles. The summed E-state index contributed by atoms with van der Waals surface area (Å²) in [6.45, 7) is 4.01. The predicted octanol–water partition coefficient (Wildman–Crippen LogP) is 4.41. The quantitative estimate of drug-likeness (QED) is 0.825. The van der Waals surface area contributed by atoms with Gasteiger partial charge in [-0.2, -0.15) is 0 Å². The lowest BCUT2D eigenvalue weighted by molar-refractivity contribution is 0.244. The van der Waals surface area contributed by atoms with Crippen LogP contribution in [0.2, 0.25) is 0 Å². The molecular weight excluding hydrogens is 268 g/mol. The van der Waals surface area contributed by atoms with Crippen molar-refractivity contribution in [3.05, 3.63) is 35.3 Å². The maximum Gasteiger partial charge on any atom is 0.187 e. The highest BCUT2D eigenvalue weighted by molar-refractivity contribution is 7.13. The second-order valence-electron chi connectivity index (χ2n) is 4.07. The number of ether oxygens (including phenoxy) is 1. The van der Waals surface area contributed by atoms with Gasteiger partial charge in [-0.05, 0) is 26.0 Å². The van der Waals surface area contributed by atoms with Crippen molar-refractivity contribution >= 4 is 33.8 Å². The average molecular weight is 283 g/mol. The number of halogens is 1. The molecule has 0 unspecified atom stereocenters. The SMILES string of the molecule is CC(C)Oc1ccccc1Nc1nc(CCl)cs1. The molecule has 0 radical (unpaired) electrons. The summed E-state index contributed by atoms with van der Waals surface area (Å²) in [6, 6.07) is 7.83. The van der Waals surface area contributed by atoms with Gasteiger partial charge in [0.15, 0.2) is 5.13 Å². The molecule has 0 atom stereocenters. The number of para-hydroxylation sites is 2. The fourth-order valence-electron chi connectivity index (χ4n) is 1.47. The molecule has 0 aliphatic carbocycles. The van der Waals surface area contributed by atoms with Crippen molar-refractivity contribution in [2.45, 2.75) is 25.8 Å². The number of anilines is 2. The average Bonchev–Trinajstić information content (AvgIpc) is 2.79. The number of benzene rings is 1. The Morgan fingerprint density at radius 3 is 2.83 bits per heavy atom. The van der Waals surface area contributed by atoms with Crippen LogP contribution in [0.4, 0.5) is 10.8 Å². The van der Waals surface area contributed by atoms with Crippen LogP contribution in [0, 0.1) is 0 Å². The van der Waals surface area contributed by atoms with Crippen LogP contribution in [-0.4, -0.2) is 11.1 Å². The third-order valence-electron chi connectivity index (χ3n) is 2.18. The topological polar surface area (TPSA) is 34.1 Å². The van der Waals surface area contributed by atoms with Crippen molar-refractivity contribution in [1.82, 2.24) is 4.98 Å². The van der Waals surface area contributed by atoms with Crippen LogP contribution in [0.25, 0.3) is 0 Å². The summed E-state index contributed by atoms with van der Waals surface area (Å²) < 4.78 is 5.74. The second kappa shape index (κ2) is 6.07. The molecule has 0 aliphatic rings. The largest absolute Gasteiger partial charge is 0.489 e. The highest BCUT2D eigenvalue weighted by Crippen LogP contribution is 2.29. The number of alkyl halides is 1. The lowest BCUT2D eigenvalue weighted by Gasteiger charge is -2.14. The van der Waals surface area contributed by atoms with Crippen LogP contribution in [0.3, 0.4) is 0 Å². The van der Waals surface area contributed by atoms with Gasteiger partial charge in [0.1, 0.15) is 5.75 Å². The minimum Gasteiger partial charge on any atom is -0.489 e. The lowest BCUT2D eigenvalue weighted by Crippen LogP contribution is -2.07. The third-order valence-corrected chi connectivity index (χ3v) is 3.26. The fraction of sp³-hybridized carbons (Fsp3) is 0.308. The van der Waals surface area contributed by atoms with Crippen LogP contribution in [0.1, 0.15) is 19.5 Å². The van der Waals surface area contributed by atoms with E-state index in [0.29, 0.717) is 5.88 Å². The normalized spacial score (nSPS) is 10.7. The molecule has 0 bridgehead atoms. The summed E-state index contributed by atoms with van der Waals surface area (Å²) in [7, 11) is 0. The van der Waals surface area contributed by atoms with Crippen LogP contribution in [0.5, 0.6) is 5.75 Å². The molecule has 18 heavy (non-hydrogen) atoms. The molecular formula is C13H15ClN2OS. The molecule has 0 spiro atoms. The number of hydrogen-bond acceptors (Lipinski definition) is 4. The number of hydrogen-bond donors (Lipinski definition) is 1. The molecule has 2 rings (SSSR count). The van der Waals surface area contributed by atoms with E-state index in [2.05, 4.69) is 10.3 Å². The highest BCUT2D eigenvalue weighted by atomic mass is 35.5. The Balaban J connectivity index is 2.17. The summed E-state index contributed by atoms with van der Waals surface area (Å²) in [6.07, 6.45) is 0.141. The number of rotatable bonds is 5. The Kier molecular flexibility index (Phi) is 4.44. The first-order valence-corrected chi connectivity index (χ1v) is 7.13. The van der Waals surface area contributed by atoms with E-state index in [-0.39, 0.29) is 6.10 Å². The van der Waals surface area contributed by atoms with E-state index in [1.807, 2.05) is 43.5 Å². The first-order valence-electron chi connectivity index (χ1n) is 5.72. The molecule has 3 nitrogen and oxygen atoms in total. The molecule has 5 heteroatoms. The zero-order valence-corrected chi connectivity index (χ0v) is 11.9. The Hall–Kier alpha value is -1.26. The molecule has 0 amide bonds. The fourth-order valence-corrected chi connectivity index (χ4v) is 2.42. The van der Waals surface area contributed by atoms with Gasteiger partial charge < -0.3 is 10.1 Å². The minimum absolute atomic E-state index is 0.141. The molecule has 0 saturated carbocycles. The smallest absolute Gasteiger partial charge is 0.187 e. The Morgan fingerprint density at radius 2 is 2.17 bits per heavy atom. The number of nitrogens with one attached hydrogen (secondary N) is 1. The summed E-state index contributed by atoms with van der Waals surface area (Å²) in [5.74, 6) is 1.26. The van der Waals surface area contributed by atoms with Crippen LogP contribution < -0.4 is 10.1 Å². The first kappa shape index (κ1) is 13.2. The first-order chi connectivity index (χ1) is 8.69. The van der Waals surface area contributed by atoms with E-state index < -0.39 is 0 Å². The van der Waals surface area contributed by atoms with Crippen molar-refractivity contribution < 1.29 is 4.74 Å². The van der Waals surface area contributed by atoms with Gasteiger partial charge in [0, 0.05) is 5.38 Å². The van der Waals surface area contributed by atoms with Gasteiger partial charge in [-0.25, -0.2) is 4.98 Å². The number of nitrogens with zero attached hydrogens (tertiary/aromatic N) is 1. The molecule has 1 aromatic carbocycles. The van der Waals surface area contributed by atoms with Crippen molar-refractivity contribution in [1.29, 1.82) is 0 Å². The van der Waals surface area contributed by atoms with E-state index in [1.165, 1.54) is 11.3 Å². The van der Waals surface area contributed by atoms with Crippen LogP contribution >= 0.6 is 22.9 Å². The van der Waals surface area contributed by atoms with E-state index in [1.54, 1.807) is 0 Å². The zero-order valence-electron chi connectivity index (χ0n) is 10.3. The van der Waals surface area contributed by atoms with Gasteiger partial charge >= 0.3 is 0 Å². The van der Waals surface area contributed by atoms with E-state index >= 15 is 0 Å². The molecule has 96 valence electrons. The monoisotopic (exact) mass is 282 g/mol. The molecule has 0 fully saturated rings. The predicted molar refractivity (Wildman–Crippen MR) is 77.2 cm³/mol. The molecule has 1 N–H and O–H groups in total. The lowest BCUT2D eigenvalue weighted by atomic mass is 10.3. The van der Waals surface area contributed by atoms with Crippen LogP contribution in [0.15, 0.2) is 29.6 Å². The van der Waals surface area contributed by atoms with Gasteiger partial charge in [-0.1, -0.05) is 12.1 Å². The van der Waals surface area contributed by atoms with Crippen LogP contribution in [-0.2, 0) is 5.88 Å². The van der Waals surface area contributed by atoms with Gasteiger partial charge in [-0.15, -0.1) is 22.9 Å². The summed E-state index contributed by atoms with van der Waals surface area (Å²) in [4.78, 5) is 4.36. The van der Waals surface area contributed by atoms with E-state index in [4.69, 9.17) is 16.3 Å². The number of aromatic nitrogens is 1. The van der Waals surface area contributed by atoms with Crippen molar-refractivity contribution in [2.75, 3.05) is 5.32 Å². The van der Waals surface area contributed by atoms with Gasteiger partial charge in [0.25, 0.3) is 0 Å². The minimum atomic E-state index is 0.141. The van der Waals surface area contributed by atoms with Crippen molar-refractivity contribution in [3.63, 3.8) is 0 Å². The third kappa shape index (κ3) is 3.37. The molecule has 1 aromatic heterocycles. The van der Waals surface area contributed by atoms with Gasteiger partial charge in [0.2, 0.25) is 0 Å². The Bertz CT molecular complexity index is 513. The van der Waals surface area contributed by atoms with E-state index in [0.717, 1.165) is 22.3 Å². The summed E-state index contributed by atoms with van der Waals surface area (Å²) >= 11 is 7.27. The second-order valence-corrected chi connectivity index (χ2v) is 5.19. The molecule has 2 aromatic rings. The maximum atomic E-state index is 5.74. The highest BCUT2D eigenvalue weighted by Gasteiger charge is 2.07. The van der Waals surface area contributed by atoms with E-state index in [9.17, 15) is 0 Å². The van der Waals surface area contributed by atoms with Gasteiger partial charge in [0.05, 0.1) is 23.4 Å². The standard InChI is InChI=1S/C13H15ClN2OS/c1-9(2)17-12-6-4-3-5-11(12)16-13-15-10(7-14)8-18-13/h3-6,8-9H,7H2,1-2H3,(H,15,16). The number of thiazole rings is 1. The van der Waals surface area contributed by atoms with Gasteiger partial charge in [-0.3, -0.25) is 0 Å².